The van der Waals surface area contributed by atoms with Crippen molar-refractivity contribution in [2.24, 2.45) is 0 Å². The molecule has 0 saturated carbocycles. The van der Waals surface area contributed by atoms with Crippen LogP contribution in [0.2, 0.25) is 0 Å². The molecular formula is C17H20N6O2S. The van der Waals surface area contributed by atoms with Gasteiger partial charge in [0.1, 0.15) is 5.76 Å². The number of hydrogen-bond acceptors (Lipinski definition) is 7. The maximum absolute atomic E-state index is 12.1. The zero-order valence-electron chi connectivity index (χ0n) is 14.8. The number of carbonyl (C=O) groups excluding carboxylic acids is 1. The van der Waals surface area contributed by atoms with Crippen molar-refractivity contribution >= 4 is 29.0 Å². The predicted octanol–water partition coefficient (Wildman–Crippen LogP) is 2.36. The van der Waals surface area contributed by atoms with E-state index in [2.05, 4.69) is 15.5 Å². The van der Waals surface area contributed by atoms with E-state index < -0.39 is 0 Å². The molecule has 0 aliphatic carbocycles. The molecule has 0 bridgehead atoms. The molecule has 0 aliphatic rings. The van der Waals surface area contributed by atoms with E-state index in [1.807, 2.05) is 50.2 Å². The largest absolute Gasteiger partial charge is 0.469 e. The van der Waals surface area contributed by atoms with Crippen molar-refractivity contribution in [2.75, 3.05) is 35.9 Å². The van der Waals surface area contributed by atoms with E-state index in [9.17, 15) is 4.79 Å². The number of rotatable bonds is 6. The lowest BCUT2D eigenvalue weighted by Gasteiger charge is -2.13. The van der Waals surface area contributed by atoms with E-state index in [1.165, 1.54) is 16.4 Å². The van der Waals surface area contributed by atoms with Crippen molar-refractivity contribution in [3.8, 4) is 11.4 Å². The molecule has 1 amide bonds. The van der Waals surface area contributed by atoms with Crippen LogP contribution in [0.1, 0.15) is 5.76 Å². The minimum Gasteiger partial charge on any atom is -0.469 e. The van der Waals surface area contributed by atoms with Crippen LogP contribution in [0.4, 0.5) is 11.4 Å². The quantitative estimate of drug-likeness (QED) is 0.506. The fraction of sp³-hybridized carbons (Fsp3) is 0.235. The highest BCUT2D eigenvalue weighted by atomic mass is 32.2. The van der Waals surface area contributed by atoms with Gasteiger partial charge in [-0.2, -0.15) is 0 Å². The average Bonchev–Trinajstić information content (AvgIpc) is 3.19. The molecule has 136 valence electrons. The molecule has 0 fully saturated rings. The summed E-state index contributed by atoms with van der Waals surface area (Å²) in [6.45, 7) is 1.83. The summed E-state index contributed by atoms with van der Waals surface area (Å²) in [6.07, 6.45) is 1.57. The Morgan fingerprint density at radius 3 is 2.62 bits per heavy atom. The van der Waals surface area contributed by atoms with Crippen LogP contribution in [0.5, 0.6) is 0 Å². The van der Waals surface area contributed by atoms with E-state index in [0.29, 0.717) is 16.7 Å². The molecule has 8 nitrogen and oxygen atoms in total. The normalized spacial score (nSPS) is 10.7. The second kappa shape index (κ2) is 7.52. The molecule has 0 spiro atoms. The topological polar surface area (TPSA) is 102 Å². The number of nitrogens with zero attached hydrogens (tertiary/aromatic N) is 4. The van der Waals surface area contributed by atoms with Crippen molar-refractivity contribution in [1.82, 2.24) is 14.9 Å². The summed E-state index contributed by atoms with van der Waals surface area (Å²) in [5.74, 6) is 7.28. The Balaban J connectivity index is 1.60. The number of carbonyl (C=O) groups is 1. The molecule has 0 radical (unpaired) electrons. The standard InChI is InChI=1S/C17H20N6O2S/c1-11-14(8-9-25-11)16-20-21-17(23(16)18)26-10-15(24)19-12-4-6-13(7-5-12)22(2)3/h4-9H,10,18H2,1-3H3,(H,19,24). The third-order valence-corrected chi connectivity index (χ3v) is 4.71. The Morgan fingerprint density at radius 2 is 2.00 bits per heavy atom. The second-order valence-electron chi connectivity index (χ2n) is 5.84. The molecule has 26 heavy (non-hydrogen) atoms. The SMILES string of the molecule is Cc1occc1-c1nnc(SCC(=O)Nc2ccc(N(C)C)cc2)n1N. The number of amides is 1. The van der Waals surface area contributed by atoms with E-state index in [4.69, 9.17) is 10.3 Å². The van der Waals surface area contributed by atoms with E-state index >= 15 is 0 Å². The molecule has 0 unspecified atom stereocenters. The zero-order chi connectivity index (χ0) is 18.7. The zero-order valence-corrected chi connectivity index (χ0v) is 15.6. The smallest absolute Gasteiger partial charge is 0.234 e. The second-order valence-corrected chi connectivity index (χ2v) is 6.79. The van der Waals surface area contributed by atoms with Gasteiger partial charge < -0.3 is 20.5 Å². The van der Waals surface area contributed by atoms with Gasteiger partial charge in [-0.3, -0.25) is 4.79 Å². The Bertz CT molecular complexity index is 900. The van der Waals surface area contributed by atoms with Gasteiger partial charge in [0, 0.05) is 25.5 Å². The van der Waals surface area contributed by atoms with E-state index in [-0.39, 0.29) is 11.7 Å². The first kappa shape index (κ1) is 17.9. The number of nitrogens with two attached hydrogens (primary N) is 1. The highest BCUT2D eigenvalue weighted by Gasteiger charge is 2.16. The third kappa shape index (κ3) is 3.83. The fourth-order valence-electron chi connectivity index (χ4n) is 2.35. The van der Waals surface area contributed by atoms with Crippen LogP contribution in [0.15, 0.2) is 46.2 Å². The van der Waals surface area contributed by atoms with Crippen molar-refractivity contribution in [1.29, 1.82) is 0 Å². The fourth-order valence-corrected chi connectivity index (χ4v) is 3.00. The summed E-state index contributed by atoms with van der Waals surface area (Å²) in [6, 6.07) is 9.39. The van der Waals surface area contributed by atoms with Crippen molar-refractivity contribution < 1.29 is 9.21 Å². The molecule has 3 rings (SSSR count). The Labute approximate surface area is 155 Å². The van der Waals surface area contributed by atoms with E-state index in [0.717, 1.165) is 16.9 Å². The van der Waals surface area contributed by atoms with Gasteiger partial charge in [0.25, 0.3) is 0 Å². The lowest BCUT2D eigenvalue weighted by Crippen LogP contribution is -2.16. The van der Waals surface area contributed by atoms with Crippen molar-refractivity contribution in [3.05, 3.63) is 42.4 Å². The number of thioether (sulfide) groups is 1. The molecular weight excluding hydrogens is 352 g/mol. The molecule has 0 aliphatic heterocycles. The number of aryl methyl sites for hydroxylation is 1. The lowest BCUT2D eigenvalue weighted by molar-refractivity contribution is -0.113. The van der Waals surface area contributed by atoms with Crippen LogP contribution in [0.25, 0.3) is 11.4 Å². The first-order chi connectivity index (χ1) is 12.5. The number of aromatic nitrogens is 3. The molecule has 3 aromatic rings. The number of benzene rings is 1. The number of anilines is 2. The summed E-state index contributed by atoms with van der Waals surface area (Å²) in [4.78, 5) is 14.1. The maximum atomic E-state index is 12.1. The van der Waals surface area contributed by atoms with Crippen LogP contribution in [-0.4, -0.2) is 40.6 Å². The number of nitrogen functional groups attached to an aromatic ring is 1. The summed E-state index contributed by atoms with van der Waals surface area (Å²) in [5, 5.41) is 11.4. The van der Waals surface area contributed by atoms with Crippen molar-refractivity contribution in [2.45, 2.75) is 12.1 Å². The first-order valence-electron chi connectivity index (χ1n) is 7.90. The summed E-state index contributed by atoms with van der Waals surface area (Å²) in [7, 11) is 3.93. The van der Waals surface area contributed by atoms with E-state index in [1.54, 1.807) is 12.3 Å². The lowest BCUT2D eigenvalue weighted by atomic mass is 10.2. The van der Waals surface area contributed by atoms with Gasteiger partial charge in [-0.1, -0.05) is 11.8 Å². The number of nitrogens with one attached hydrogen (secondary N) is 1. The average molecular weight is 372 g/mol. The number of furan rings is 1. The van der Waals surface area contributed by atoms with Gasteiger partial charge in [0.15, 0.2) is 5.82 Å². The minimum absolute atomic E-state index is 0.142. The molecule has 3 N–H and O–H groups in total. The van der Waals surface area contributed by atoms with Crippen LogP contribution in [0.3, 0.4) is 0 Å². The van der Waals surface area contributed by atoms with Gasteiger partial charge in [-0.15, -0.1) is 10.2 Å². The highest BCUT2D eigenvalue weighted by molar-refractivity contribution is 7.99. The molecule has 9 heteroatoms. The Morgan fingerprint density at radius 1 is 1.27 bits per heavy atom. The van der Waals surface area contributed by atoms with Gasteiger partial charge >= 0.3 is 0 Å². The highest BCUT2D eigenvalue weighted by Crippen LogP contribution is 2.25. The summed E-state index contributed by atoms with van der Waals surface area (Å²) in [5.41, 5.74) is 2.58. The Kier molecular flexibility index (Phi) is 5.17. The number of hydrogen-bond donors (Lipinski definition) is 2. The van der Waals surface area contributed by atoms with Crippen LogP contribution < -0.4 is 16.1 Å². The molecule has 1 aromatic carbocycles. The third-order valence-electron chi connectivity index (χ3n) is 3.76. The summed E-state index contributed by atoms with van der Waals surface area (Å²) >= 11 is 1.22. The van der Waals surface area contributed by atoms with Gasteiger partial charge in [0.2, 0.25) is 11.1 Å². The van der Waals surface area contributed by atoms with Gasteiger partial charge in [-0.25, -0.2) is 4.68 Å². The summed E-state index contributed by atoms with van der Waals surface area (Å²) < 4.78 is 6.62. The van der Waals surface area contributed by atoms with Crippen LogP contribution in [0, 0.1) is 6.92 Å². The van der Waals surface area contributed by atoms with Gasteiger partial charge in [0.05, 0.1) is 17.6 Å². The maximum Gasteiger partial charge on any atom is 0.234 e. The van der Waals surface area contributed by atoms with Gasteiger partial charge in [-0.05, 0) is 37.3 Å². The molecule has 0 saturated heterocycles. The predicted molar refractivity (Wildman–Crippen MR) is 103 cm³/mol. The molecule has 2 aromatic heterocycles. The van der Waals surface area contributed by atoms with Crippen LogP contribution in [-0.2, 0) is 4.79 Å². The monoisotopic (exact) mass is 372 g/mol. The van der Waals surface area contributed by atoms with Crippen LogP contribution >= 0.6 is 11.8 Å². The molecule has 0 atom stereocenters. The Hall–Kier alpha value is -2.94. The first-order valence-corrected chi connectivity index (χ1v) is 8.89. The van der Waals surface area contributed by atoms with Crippen molar-refractivity contribution in [3.63, 3.8) is 0 Å². The molecule has 2 heterocycles. The minimum atomic E-state index is -0.142.